The minimum atomic E-state index is -0.0808. The van der Waals surface area contributed by atoms with Crippen LogP contribution in [0.15, 0.2) is 30.3 Å². The Morgan fingerprint density at radius 3 is 2.25 bits per heavy atom. The zero-order valence-electron chi connectivity index (χ0n) is 8.17. The van der Waals surface area contributed by atoms with Gasteiger partial charge in [0.2, 0.25) is 0 Å². The van der Waals surface area contributed by atoms with Gasteiger partial charge in [-0.25, -0.2) is 0 Å². The zero-order valence-corrected chi connectivity index (χ0v) is 9.17. The predicted octanol–water partition coefficient (Wildman–Crippen LogP) is 3.54. The van der Waals surface area contributed by atoms with Crippen LogP contribution in [0.25, 0.3) is 0 Å². The van der Waals surface area contributed by atoms with Crippen LogP contribution in [0.5, 0.6) is 0 Å². The second-order valence-corrected chi connectivity index (χ2v) is 6.55. The number of hydrogen-bond donors (Lipinski definition) is 0. The maximum atomic E-state index is 2.38. The molecule has 0 saturated heterocycles. The van der Waals surface area contributed by atoms with E-state index >= 15 is 0 Å². The summed E-state index contributed by atoms with van der Waals surface area (Å²) in [6.45, 7) is 7.08. The van der Waals surface area contributed by atoms with E-state index < -0.39 is 0 Å². The lowest BCUT2D eigenvalue weighted by atomic mass is 10.0. The van der Waals surface area contributed by atoms with Gasteiger partial charge in [-0.05, 0) is 11.5 Å². The summed E-state index contributed by atoms with van der Waals surface area (Å²) in [5.74, 6) is 0.745. The monoisotopic (exact) mass is 177 g/mol. The largest absolute Gasteiger partial charge is 0.0713 e. The summed E-state index contributed by atoms with van der Waals surface area (Å²) < 4.78 is 0. The van der Waals surface area contributed by atoms with Crippen LogP contribution in [0.1, 0.15) is 18.4 Å². The van der Waals surface area contributed by atoms with Gasteiger partial charge in [0, 0.05) is 8.80 Å². The molecule has 0 bridgehead atoms. The van der Waals surface area contributed by atoms with Gasteiger partial charge in [-0.3, -0.25) is 0 Å². The van der Waals surface area contributed by atoms with Crippen LogP contribution in [0.2, 0.25) is 19.1 Å². The van der Waals surface area contributed by atoms with E-state index in [0.29, 0.717) is 0 Å². The van der Waals surface area contributed by atoms with Crippen LogP contribution in [0.3, 0.4) is 0 Å². The summed E-state index contributed by atoms with van der Waals surface area (Å²) in [7, 11) is -0.0808. The van der Waals surface area contributed by atoms with Crippen molar-refractivity contribution < 1.29 is 0 Å². The van der Waals surface area contributed by atoms with E-state index in [4.69, 9.17) is 0 Å². The van der Waals surface area contributed by atoms with Crippen molar-refractivity contribution in [2.75, 3.05) is 0 Å². The molecule has 0 spiro atoms. The van der Waals surface area contributed by atoms with Gasteiger partial charge < -0.3 is 0 Å². The van der Waals surface area contributed by atoms with Gasteiger partial charge in [0.15, 0.2) is 0 Å². The molecule has 0 nitrogen and oxygen atoms in total. The fourth-order valence-corrected chi connectivity index (χ4v) is 2.97. The summed E-state index contributed by atoms with van der Waals surface area (Å²) in [4.78, 5) is 0. The highest BCUT2D eigenvalue weighted by atomic mass is 28.3. The third-order valence-corrected chi connectivity index (χ3v) is 3.51. The van der Waals surface area contributed by atoms with Gasteiger partial charge in [-0.15, -0.1) is 0 Å². The van der Waals surface area contributed by atoms with E-state index in [1.807, 2.05) is 0 Å². The molecule has 1 atom stereocenters. The molecule has 0 amide bonds. The van der Waals surface area contributed by atoms with Crippen molar-refractivity contribution in [3.05, 3.63) is 35.9 Å². The molecule has 0 aliphatic carbocycles. The Bertz CT molecular complexity index is 216. The second-order valence-electron chi connectivity index (χ2n) is 3.72. The lowest BCUT2D eigenvalue weighted by Gasteiger charge is -2.12. The lowest BCUT2D eigenvalue weighted by molar-refractivity contribution is 0.853. The molecule has 0 aromatic heterocycles. The third-order valence-electron chi connectivity index (χ3n) is 2.08. The molecule has 0 fully saturated rings. The number of benzene rings is 1. The van der Waals surface area contributed by atoms with Gasteiger partial charge in [0.25, 0.3) is 0 Å². The molecule has 1 rings (SSSR count). The molecule has 1 aromatic rings. The van der Waals surface area contributed by atoms with E-state index in [0.717, 1.165) is 5.92 Å². The SMILES string of the molecule is CC(C[Si](C)C)c1ccccc1. The molecular formula is C11H17Si. The van der Waals surface area contributed by atoms with Crippen molar-refractivity contribution in [2.24, 2.45) is 0 Å². The molecule has 0 N–H and O–H groups in total. The molecule has 1 unspecified atom stereocenters. The van der Waals surface area contributed by atoms with E-state index in [2.05, 4.69) is 50.3 Å². The topological polar surface area (TPSA) is 0 Å². The number of rotatable bonds is 3. The first-order valence-electron chi connectivity index (χ1n) is 4.54. The molecule has 0 heterocycles. The Hall–Kier alpha value is -0.563. The van der Waals surface area contributed by atoms with Crippen LogP contribution in [-0.4, -0.2) is 8.80 Å². The van der Waals surface area contributed by atoms with Crippen molar-refractivity contribution >= 4 is 8.80 Å². The van der Waals surface area contributed by atoms with E-state index in [9.17, 15) is 0 Å². The zero-order chi connectivity index (χ0) is 8.97. The standard InChI is InChI=1S/C11H17Si/c1-10(9-12(2)3)11-7-5-4-6-8-11/h4-8,10H,9H2,1-3H3. The van der Waals surface area contributed by atoms with Crippen molar-refractivity contribution in [3.8, 4) is 0 Å². The first kappa shape index (κ1) is 9.52. The molecule has 1 heteroatoms. The Morgan fingerprint density at radius 2 is 1.75 bits per heavy atom. The van der Waals surface area contributed by atoms with E-state index in [1.54, 1.807) is 0 Å². The highest BCUT2D eigenvalue weighted by Crippen LogP contribution is 2.20. The first-order valence-corrected chi connectivity index (χ1v) is 7.25. The van der Waals surface area contributed by atoms with Crippen LogP contribution < -0.4 is 0 Å². The van der Waals surface area contributed by atoms with Crippen molar-refractivity contribution in [2.45, 2.75) is 32.0 Å². The Kier molecular flexibility index (Phi) is 3.54. The summed E-state index contributed by atoms with van der Waals surface area (Å²) in [5, 5.41) is 0. The molecule has 0 aliphatic rings. The van der Waals surface area contributed by atoms with Crippen molar-refractivity contribution in [1.29, 1.82) is 0 Å². The second kappa shape index (κ2) is 4.46. The van der Waals surface area contributed by atoms with E-state index in [-0.39, 0.29) is 8.80 Å². The average molecular weight is 177 g/mol. The third kappa shape index (κ3) is 2.82. The van der Waals surface area contributed by atoms with Crippen molar-refractivity contribution in [1.82, 2.24) is 0 Å². The fourth-order valence-electron chi connectivity index (χ4n) is 1.51. The Labute approximate surface area is 77.2 Å². The summed E-state index contributed by atoms with van der Waals surface area (Å²) in [5.41, 5.74) is 1.49. The molecule has 0 aliphatic heterocycles. The maximum absolute atomic E-state index is 2.38. The average Bonchev–Trinajstić information content (AvgIpc) is 2.05. The van der Waals surface area contributed by atoms with Crippen LogP contribution >= 0.6 is 0 Å². The smallest absolute Gasteiger partial charge is 0.0419 e. The molecule has 0 saturated carbocycles. The minimum Gasteiger partial charge on any atom is -0.0713 e. The minimum absolute atomic E-state index is 0.0808. The predicted molar refractivity (Wildman–Crippen MR) is 57.1 cm³/mol. The van der Waals surface area contributed by atoms with Crippen LogP contribution in [-0.2, 0) is 0 Å². The molecule has 65 valence electrons. The van der Waals surface area contributed by atoms with Gasteiger partial charge in [-0.1, -0.05) is 56.4 Å². The first-order chi connectivity index (χ1) is 5.70. The highest BCUT2D eigenvalue weighted by molar-refractivity contribution is 6.55. The Balaban J connectivity index is 2.59. The maximum Gasteiger partial charge on any atom is 0.0419 e. The summed E-state index contributed by atoms with van der Waals surface area (Å²) in [6.07, 6.45) is 0. The summed E-state index contributed by atoms with van der Waals surface area (Å²) >= 11 is 0. The molecule has 12 heavy (non-hydrogen) atoms. The fraction of sp³-hybridized carbons (Fsp3) is 0.455. The normalized spacial score (nSPS) is 13.3. The molecular weight excluding hydrogens is 160 g/mol. The van der Waals surface area contributed by atoms with Crippen molar-refractivity contribution in [3.63, 3.8) is 0 Å². The molecule has 1 radical (unpaired) electrons. The quantitative estimate of drug-likeness (QED) is 0.619. The van der Waals surface area contributed by atoms with Gasteiger partial charge in [0.05, 0.1) is 0 Å². The highest BCUT2D eigenvalue weighted by Gasteiger charge is 2.07. The van der Waals surface area contributed by atoms with Crippen LogP contribution in [0, 0.1) is 0 Å². The lowest BCUT2D eigenvalue weighted by Crippen LogP contribution is -2.05. The summed E-state index contributed by atoms with van der Waals surface area (Å²) in [6, 6.07) is 12.2. The number of hydrogen-bond acceptors (Lipinski definition) is 0. The van der Waals surface area contributed by atoms with Gasteiger partial charge >= 0.3 is 0 Å². The van der Waals surface area contributed by atoms with Gasteiger partial charge in [-0.2, -0.15) is 0 Å². The van der Waals surface area contributed by atoms with Crippen LogP contribution in [0.4, 0.5) is 0 Å². The van der Waals surface area contributed by atoms with Gasteiger partial charge in [0.1, 0.15) is 0 Å². The Morgan fingerprint density at radius 1 is 1.17 bits per heavy atom. The van der Waals surface area contributed by atoms with E-state index in [1.165, 1.54) is 11.6 Å². The molecule has 1 aromatic carbocycles.